The number of nitrogens with zero attached hydrogens (tertiary/aromatic N) is 2. The first-order valence-electron chi connectivity index (χ1n) is 7.98. The molecule has 2 atom stereocenters. The molecule has 1 aliphatic rings. The average Bonchev–Trinajstić information content (AvgIpc) is 2.89. The van der Waals surface area contributed by atoms with Gasteiger partial charge in [-0.05, 0) is 18.8 Å². The molecule has 2 unspecified atom stereocenters. The lowest BCUT2D eigenvalue weighted by molar-refractivity contribution is 0.0240. The number of rotatable bonds is 6. The molecule has 1 saturated heterocycles. The fourth-order valence-corrected chi connectivity index (χ4v) is 2.54. The molecule has 0 aliphatic carbocycles. The van der Waals surface area contributed by atoms with Gasteiger partial charge in [-0.25, -0.2) is 0 Å². The summed E-state index contributed by atoms with van der Waals surface area (Å²) >= 11 is 0. The molecule has 0 radical (unpaired) electrons. The Hall–Kier alpha value is -0.810. The minimum Gasteiger partial charge on any atom is -0.381 e. The van der Waals surface area contributed by atoms with E-state index >= 15 is 0 Å². The summed E-state index contributed by atoms with van der Waals surface area (Å²) in [5, 5.41) is 3.37. The zero-order valence-electron chi connectivity index (χ0n) is 14.6. The highest BCUT2D eigenvalue weighted by atomic mass is 16.5. The normalized spacial score (nSPS) is 21.4. The summed E-state index contributed by atoms with van der Waals surface area (Å²) in [5.41, 5.74) is 0.0907. The second-order valence-corrected chi connectivity index (χ2v) is 6.90. The summed E-state index contributed by atoms with van der Waals surface area (Å²) in [6.45, 7) is 12.9. The number of hydrogen-bond acceptors (Lipinski definition) is 3. The molecular formula is C16H33N3O2. The molecule has 21 heavy (non-hydrogen) atoms. The molecular weight excluding hydrogens is 266 g/mol. The van der Waals surface area contributed by atoms with Crippen LogP contribution in [0.15, 0.2) is 4.99 Å². The summed E-state index contributed by atoms with van der Waals surface area (Å²) in [6.07, 6.45) is 1.27. The predicted octanol–water partition coefficient (Wildman–Crippen LogP) is 1.98. The molecule has 1 fully saturated rings. The summed E-state index contributed by atoms with van der Waals surface area (Å²) in [6, 6.07) is 0. The molecule has 1 rings (SSSR count). The molecule has 124 valence electrons. The topological polar surface area (TPSA) is 46.1 Å². The van der Waals surface area contributed by atoms with Gasteiger partial charge in [-0.3, -0.25) is 4.99 Å². The first kappa shape index (κ1) is 18.2. The van der Waals surface area contributed by atoms with Gasteiger partial charge < -0.3 is 19.7 Å². The van der Waals surface area contributed by atoms with Gasteiger partial charge in [0.05, 0.1) is 19.3 Å². The SMILES string of the molecule is CCNC(=NCC(OC)C(C)(C)C)N(C)CC1CCOC1. The molecule has 5 nitrogen and oxygen atoms in total. The maximum atomic E-state index is 5.58. The number of hydrogen-bond donors (Lipinski definition) is 1. The van der Waals surface area contributed by atoms with Crippen LogP contribution in [0.3, 0.4) is 0 Å². The highest BCUT2D eigenvalue weighted by molar-refractivity contribution is 5.79. The predicted molar refractivity (Wildman–Crippen MR) is 87.8 cm³/mol. The van der Waals surface area contributed by atoms with Gasteiger partial charge >= 0.3 is 0 Å². The Morgan fingerprint density at radius 3 is 2.67 bits per heavy atom. The number of aliphatic imine (C=N–C) groups is 1. The Morgan fingerprint density at radius 1 is 1.48 bits per heavy atom. The molecule has 0 amide bonds. The largest absolute Gasteiger partial charge is 0.381 e. The maximum absolute atomic E-state index is 5.58. The van der Waals surface area contributed by atoms with Crippen LogP contribution < -0.4 is 5.32 Å². The van der Waals surface area contributed by atoms with Crippen LogP contribution in [0.4, 0.5) is 0 Å². The van der Waals surface area contributed by atoms with E-state index in [1.807, 2.05) is 0 Å². The number of guanidine groups is 1. The van der Waals surface area contributed by atoms with Crippen molar-refractivity contribution in [2.45, 2.75) is 40.2 Å². The van der Waals surface area contributed by atoms with Crippen molar-refractivity contribution < 1.29 is 9.47 Å². The van der Waals surface area contributed by atoms with Crippen LogP contribution in [0.2, 0.25) is 0 Å². The van der Waals surface area contributed by atoms with Gasteiger partial charge in [0.25, 0.3) is 0 Å². The van der Waals surface area contributed by atoms with E-state index in [0.29, 0.717) is 12.5 Å². The molecule has 0 bridgehead atoms. The molecule has 0 saturated carbocycles. The molecule has 0 aromatic heterocycles. The molecule has 5 heteroatoms. The Kier molecular flexibility index (Phi) is 7.46. The Labute approximate surface area is 130 Å². The van der Waals surface area contributed by atoms with Crippen LogP contribution >= 0.6 is 0 Å². The summed E-state index contributed by atoms with van der Waals surface area (Å²) in [7, 11) is 3.86. The van der Waals surface area contributed by atoms with E-state index in [2.05, 4.69) is 45.0 Å². The van der Waals surface area contributed by atoms with Gasteiger partial charge in [0, 0.05) is 39.8 Å². The minimum atomic E-state index is 0.0907. The number of methoxy groups -OCH3 is 1. The Bertz CT molecular complexity index is 320. The maximum Gasteiger partial charge on any atom is 0.193 e. The first-order chi connectivity index (χ1) is 9.88. The van der Waals surface area contributed by atoms with Gasteiger partial charge in [-0.1, -0.05) is 20.8 Å². The zero-order chi connectivity index (χ0) is 15.9. The second kappa shape index (κ2) is 8.59. The van der Waals surface area contributed by atoms with E-state index in [4.69, 9.17) is 14.5 Å². The van der Waals surface area contributed by atoms with E-state index in [1.165, 1.54) is 0 Å². The van der Waals surface area contributed by atoms with Crippen LogP contribution in [0.1, 0.15) is 34.1 Å². The Balaban J connectivity index is 2.62. The smallest absolute Gasteiger partial charge is 0.193 e. The molecule has 1 N–H and O–H groups in total. The van der Waals surface area contributed by atoms with Gasteiger partial charge in [-0.15, -0.1) is 0 Å². The lowest BCUT2D eigenvalue weighted by atomic mass is 9.89. The quantitative estimate of drug-likeness (QED) is 0.602. The van der Waals surface area contributed by atoms with Crippen molar-refractivity contribution in [3.63, 3.8) is 0 Å². The fourth-order valence-electron chi connectivity index (χ4n) is 2.54. The summed E-state index contributed by atoms with van der Waals surface area (Å²) in [5.74, 6) is 1.57. The third-order valence-corrected chi connectivity index (χ3v) is 3.91. The number of nitrogens with one attached hydrogen (secondary N) is 1. The van der Waals surface area contributed by atoms with Crippen molar-refractivity contribution in [3.05, 3.63) is 0 Å². The fraction of sp³-hybridized carbons (Fsp3) is 0.938. The molecule has 1 heterocycles. The van der Waals surface area contributed by atoms with E-state index < -0.39 is 0 Å². The first-order valence-corrected chi connectivity index (χ1v) is 7.98. The lowest BCUT2D eigenvalue weighted by Crippen LogP contribution is -2.42. The summed E-state index contributed by atoms with van der Waals surface area (Å²) in [4.78, 5) is 6.97. The van der Waals surface area contributed by atoms with Gasteiger partial charge in [0.15, 0.2) is 5.96 Å². The molecule has 0 aromatic carbocycles. The Morgan fingerprint density at radius 2 is 2.19 bits per heavy atom. The van der Waals surface area contributed by atoms with Crippen molar-refractivity contribution in [2.24, 2.45) is 16.3 Å². The highest BCUT2D eigenvalue weighted by Gasteiger charge is 2.25. The lowest BCUT2D eigenvalue weighted by Gasteiger charge is -2.29. The van der Waals surface area contributed by atoms with Crippen molar-refractivity contribution in [3.8, 4) is 0 Å². The van der Waals surface area contributed by atoms with Gasteiger partial charge in [0.2, 0.25) is 0 Å². The number of ether oxygens (including phenoxy) is 2. The third-order valence-electron chi connectivity index (χ3n) is 3.91. The molecule has 0 aromatic rings. The van der Waals surface area contributed by atoms with Crippen LogP contribution in [0.5, 0.6) is 0 Å². The van der Waals surface area contributed by atoms with E-state index in [9.17, 15) is 0 Å². The van der Waals surface area contributed by atoms with Gasteiger partial charge in [-0.2, -0.15) is 0 Å². The van der Waals surface area contributed by atoms with E-state index in [1.54, 1.807) is 7.11 Å². The zero-order valence-corrected chi connectivity index (χ0v) is 14.6. The van der Waals surface area contributed by atoms with Crippen LogP contribution in [0, 0.1) is 11.3 Å². The van der Waals surface area contributed by atoms with E-state index in [-0.39, 0.29) is 11.5 Å². The van der Waals surface area contributed by atoms with Crippen molar-refractivity contribution in [1.82, 2.24) is 10.2 Å². The average molecular weight is 299 g/mol. The minimum absolute atomic E-state index is 0.0907. The highest BCUT2D eigenvalue weighted by Crippen LogP contribution is 2.22. The van der Waals surface area contributed by atoms with Crippen LogP contribution in [-0.2, 0) is 9.47 Å². The monoisotopic (exact) mass is 299 g/mol. The van der Waals surface area contributed by atoms with Crippen molar-refractivity contribution in [1.29, 1.82) is 0 Å². The van der Waals surface area contributed by atoms with Crippen molar-refractivity contribution in [2.75, 3.05) is 47.0 Å². The summed E-state index contributed by atoms with van der Waals surface area (Å²) < 4.78 is 11.0. The standard InChI is InChI=1S/C16H33N3O2/c1-7-17-15(18-10-14(20-6)16(2,3)4)19(5)11-13-8-9-21-12-13/h13-14H,7-12H2,1-6H3,(H,17,18). The molecule has 1 aliphatic heterocycles. The van der Waals surface area contributed by atoms with E-state index in [0.717, 1.165) is 38.7 Å². The third kappa shape index (κ3) is 6.22. The second-order valence-electron chi connectivity index (χ2n) is 6.90. The van der Waals surface area contributed by atoms with Crippen LogP contribution in [0.25, 0.3) is 0 Å². The molecule has 0 spiro atoms. The van der Waals surface area contributed by atoms with Crippen LogP contribution in [-0.4, -0.2) is 64.0 Å². The van der Waals surface area contributed by atoms with Gasteiger partial charge in [0.1, 0.15) is 0 Å². The van der Waals surface area contributed by atoms with Crippen molar-refractivity contribution >= 4 is 5.96 Å².